The first-order chi connectivity index (χ1) is 15.2. The Kier molecular flexibility index (Phi) is 9.16. The van der Waals surface area contributed by atoms with Crippen LogP contribution in [0.15, 0.2) is 53.7 Å². The Morgan fingerprint density at radius 2 is 1.90 bits per heavy atom. The topological polar surface area (TPSA) is 67.8 Å². The van der Waals surface area contributed by atoms with E-state index >= 15 is 0 Å². The average molecular weight is 425 g/mol. The van der Waals surface area contributed by atoms with Gasteiger partial charge in [-0.25, -0.2) is 4.99 Å². The third-order valence-electron chi connectivity index (χ3n) is 5.93. The number of pyridine rings is 1. The van der Waals surface area contributed by atoms with Crippen molar-refractivity contribution in [3.8, 4) is 5.75 Å². The van der Waals surface area contributed by atoms with Gasteiger partial charge in [-0.15, -0.1) is 0 Å². The van der Waals surface area contributed by atoms with Gasteiger partial charge in [-0.05, 0) is 61.4 Å². The van der Waals surface area contributed by atoms with Crippen molar-refractivity contribution < 1.29 is 9.47 Å². The van der Waals surface area contributed by atoms with E-state index in [1.54, 1.807) is 13.3 Å². The molecule has 0 aliphatic heterocycles. The molecule has 0 bridgehead atoms. The standard InChI is InChI=1S/C25H36N4O2/c1-3-26-24(29-20-25(15-17-30-2)13-5-6-14-25)28-18-21-9-11-23(12-10-21)31-19-22-8-4-7-16-27-22/h4,7-12,16H,3,5-6,13-15,17-20H2,1-2H3,(H2,26,28,29). The Labute approximate surface area is 186 Å². The molecule has 0 amide bonds. The van der Waals surface area contributed by atoms with Crippen molar-refractivity contribution in [3.63, 3.8) is 0 Å². The Balaban J connectivity index is 1.52. The number of nitrogens with zero attached hydrogens (tertiary/aromatic N) is 2. The van der Waals surface area contributed by atoms with E-state index in [-0.39, 0.29) is 0 Å². The zero-order chi connectivity index (χ0) is 21.8. The Morgan fingerprint density at radius 3 is 2.58 bits per heavy atom. The summed E-state index contributed by atoms with van der Waals surface area (Å²) in [4.78, 5) is 9.07. The number of aliphatic imine (C=N–C) groups is 1. The predicted octanol–water partition coefficient (Wildman–Crippen LogP) is 4.31. The lowest BCUT2D eigenvalue weighted by molar-refractivity contribution is 0.138. The van der Waals surface area contributed by atoms with Gasteiger partial charge in [0.05, 0.1) is 12.2 Å². The number of rotatable bonds is 11. The molecule has 2 aromatic rings. The molecule has 6 nitrogen and oxygen atoms in total. The third-order valence-corrected chi connectivity index (χ3v) is 5.93. The highest BCUT2D eigenvalue weighted by Gasteiger charge is 2.33. The predicted molar refractivity (Wildman–Crippen MR) is 125 cm³/mol. The summed E-state index contributed by atoms with van der Waals surface area (Å²) in [6.45, 7) is 5.81. The van der Waals surface area contributed by atoms with Crippen molar-refractivity contribution in [3.05, 3.63) is 59.9 Å². The summed E-state index contributed by atoms with van der Waals surface area (Å²) in [6, 6.07) is 14.0. The zero-order valence-electron chi connectivity index (χ0n) is 18.9. The largest absolute Gasteiger partial charge is 0.487 e. The molecule has 0 spiro atoms. The van der Waals surface area contributed by atoms with E-state index in [2.05, 4.69) is 34.7 Å². The molecule has 0 unspecified atom stereocenters. The summed E-state index contributed by atoms with van der Waals surface area (Å²) in [5.74, 6) is 1.71. The van der Waals surface area contributed by atoms with Crippen LogP contribution in [0.2, 0.25) is 0 Å². The molecule has 3 rings (SSSR count). The van der Waals surface area contributed by atoms with Gasteiger partial charge in [-0.2, -0.15) is 0 Å². The van der Waals surface area contributed by atoms with Crippen molar-refractivity contribution in [2.24, 2.45) is 10.4 Å². The van der Waals surface area contributed by atoms with Crippen LogP contribution in [0.25, 0.3) is 0 Å². The van der Waals surface area contributed by atoms with E-state index in [0.29, 0.717) is 18.6 Å². The van der Waals surface area contributed by atoms with E-state index in [4.69, 9.17) is 14.5 Å². The average Bonchev–Trinajstić information content (AvgIpc) is 3.29. The third kappa shape index (κ3) is 7.55. The Morgan fingerprint density at radius 1 is 1.10 bits per heavy atom. The molecule has 1 aliphatic rings. The van der Waals surface area contributed by atoms with Crippen LogP contribution in [0.4, 0.5) is 0 Å². The van der Waals surface area contributed by atoms with Gasteiger partial charge in [0.15, 0.2) is 5.96 Å². The quantitative estimate of drug-likeness (QED) is 0.416. The van der Waals surface area contributed by atoms with Crippen LogP contribution in [-0.2, 0) is 17.9 Å². The van der Waals surface area contributed by atoms with Crippen LogP contribution in [-0.4, -0.2) is 37.7 Å². The number of guanidine groups is 1. The minimum Gasteiger partial charge on any atom is -0.487 e. The van der Waals surface area contributed by atoms with Gasteiger partial charge in [0.2, 0.25) is 0 Å². The van der Waals surface area contributed by atoms with E-state index in [9.17, 15) is 0 Å². The van der Waals surface area contributed by atoms with Crippen molar-refractivity contribution in [2.75, 3.05) is 26.8 Å². The first-order valence-electron chi connectivity index (χ1n) is 11.4. The first kappa shape index (κ1) is 23.1. The molecular weight excluding hydrogens is 388 g/mol. The van der Waals surface area contributed by atoms with E-state index in [1.165, 1.54) is 25.7 Å². The van der Waals surface area contributed by atoms with Crippen LogP contribution >= 0.6 is 0 Å². The zero-order valence-corrected chi connectivity index (χ0v) is 18.9. The molecule has 0 radical (unpaired) electrons. The van der Waals surface area contributed by atoms with Gasteiger partial charge in [0.25, 0.3) is 0 Å². The van der Waals surface area contributed by atoms with Gasteiger partial charge in [0.1, 0.15) is 12.4 Å². The lowest BCUT2D eigenvalue weighted by Gasteiger charge is -2.30. The molecular formula is C25H36N4O2. The fourth-order valence-electron chi connectivity index (χ4n) is 4.07. The SMILES string of the molecule is CCNC(=NCc1ccc(OCc2ccccn2)cc1)NCC1(CCOC)CCCC1. The second-order valence-electron chi connectivity index (χ2n) is 8.25. The highest BCUT2D eigenvalue weighted by Crippen LogP contribution is 2.40. The summed E-state index contributed by atoms with van der Waals surface area (Å²) in [5.41, 5.74) is 2.40. The molecule has 1 saturated carbocycles. The molecule has 31 heavy (non-hydrogen) atoms. The minimum absolute atomic E-state index is 0.332. The van der Waals surface area contributed by atoms with Crippen LogP contribution in [0, 0.1) is 5.41 Å². The van der Waals surface area contributed by atoms with Crippen LogP contribution in [0.1, 0.15) is 50.3 Å². The maximum Gasteiger partial charge on any atom is 0.191 e. The Hall–Kier alpha value is -2.60. The lowest BCUT2D eigenvalue weighted by atomic mass is 9.83. The molecule has 1 aliphatic carbocycles. The van der Waals surface area contributed by atoms with Crippen LogP contribution < -0.4 is 15.4 Å². The van der Waals surface area contributed by atoms with E-state index in [1.807, 2.05) is 30.3 Å². The fraction of sp³-hybridized carbons (Fsp3) is 0.520. The fourth-order valence-corrected chi connectivity index (χ4v) is 4.07. The van der Waals surface area contributed by atoms with Gasteiger partial charge in [-0.3, -0.25) is 4.98 Å². The van der Waals surface area contributed by atoms with E-state index < -0.39 is 0 Å². The second-order valence-corrected chi connectivity index (χ2v) is 8.25. The summed E-state index contributed by atoms with van der Waals surface area (Å²) >= 11 is 0. The van der Waals surface area contributed by atoms with Crippen molar-refractivity contribution in [1.29, 1.82) is 0 Å². The van der Waals surface area contributed by atoms with Crippen molar-refractivity contribution >= 4 is 5.96 Å². The molecule has 1 aromatic carbocycles. The highest BCUT2D eigenvalue weighted by molar-refractivity contribution is 5.79. The molecule has 1 fully saturated rings. The van der Waals surface area contributed by atoms with Gasteiger partial charge >= 0.3 is 0 Å². The number of aromatic nitrogens is 1. The molecule has 1 heterocycles. The maximum absolute atomic E-state index is 5.82. The number of hydrogen-bond donors (Lipinski definition) is 2. The smallest absolute Gasteiger partial charge is 0.191 e. The second kappa shape index (κ2) is 12.3. The Bertz CT molecular complexity index is 787. The highest BCUT2D eigenvalue weighted by atomic mass is 16.5. The number of ether oxygens (including phenoxy) is 2. The number of methoxy groups -OCH3 is 1. The first-order valence-corrected chi connectivity index (χ1v) is 11.4. The molecule has 1 aromatic heterocycles. The summed E-state index contributed by atoms with van der Waals surface area (Å²) in [5, 5.41) is 6.96. The van der Waals surface area contributed by atoms with Crippen LogP contribution in [0.3, 0.4) is 0 Å². The number of nitrogens with one attached hydrogen (secondary N) is 2. The van der Waals surface area contributed by atoms with Gasteiger partial charge in [0, 0.05) is 33.0 Å². The monoisotopic (exact) mass is 424 g/mol. The number of benzene rings is 1. The number of hydrogen-bond acceptors (Lipinski definition) is 4. The molecule has 0 saturated heterocycles. The normalized spacial score (nSPS) is 15.6. The molecule has 6 heteroatoms. The molecule has 168 valence electrons. The van der Waals surface area contributed by atoms with E-state index in [0.717, 1.165) is 49.1 Å². The van der Waals surface area contributed by atoms with Gasteiger partial charge < -0.3 is 20.1 Å². The maximum atomic E-state index is 5.82. The molecule has 0 atom stereocenters. The van der Waals surface area contributed by atoms with Crippen molar-refractivity contribution in [1.82, 2.24) is 15.6 Å². The summed E-state index contributed by atoms with van der Waals surface area (Å²) in [6.07, 6.45) is 8.05. The van der Waals surface area contributed by atoms with Crippen LogP contribution in [0.5, 0.6) is 5.75 Å². The molecule has 2 N–H and O–H groups in total. The lowest BCUT2D eigenvalue weighted by Crippen LogP contribution is -2.43. The summed E-state index contributed by atoms with van der Waals surface area (Å²) < 4.78 is 11.2. The summed E-state index contributed by atoms with van der Waals surface area (Å²) in [7, 11) is 1.79. The minimum atomic E-state index is 0.332. The van der Waals surface area contributed by atoms with Gasteiger partial charge in [-0.1, -0.05) is 31.0 Å². The van der Waals surface area contributed by atoms with Crippen molar-refractivity contribution in [2.45, 2.75) is 52.2 Å².